The Bertz CT molecular complexity index is 724. The van der Waals surface area contributed by atoms with Crippen molar-refractivity contribution in [3.05, 3.63) is 47.1 Å². The van der Waals surface area contributed by atoms with Gasteiger partial charge in [-0.3, -0.25) is 4.79 Å². The van der Waals surface area contributed by atoms with E-state index < -0.39 is 0 Å². The summed E-state index contributed by atoms with van der Waals surface area (Å²) in [7, 11) is 0. The van der Waals surface area contributed by atoms with Crippen LogP contribution in [0.2, 0.25) is 0 Å². The highest BCUT2D eigenvalue weighted by molar-refractivity contribution is 5.98. The summed E-state index contributed by atoms with van der Waals surface area (Å²) in [6.45, 7) is 3.08. The molecule has 1 fully saturated rings. The maximum Gasteiger partial charge on any atom is 0.262 e. The van der Waals surface area contributed by atoms with E-state index in [0.29, 0.717) is 6.54 Å². The monoisotopic (exact) mass is 324 g/mol. The molecule has 0 spiro atoms. The molecule has 24 heavy (non-hydrogen) atoms. The minimum atomic E-state index is -0.375. The van der Waals surface area contributed by atoms with Crippen LogP contribution in [-0.4, -0.2) is 31.3 Å². The lowest BCUT2D eigenvalue weighted by Gasteiger charge is -2.23. The van der Waals surface area contributed by atoms with E-state index in [-0.39, 0.29) is 23.7 Å². The molecule has 2 heterocycles. The van der Waals surface area contributed by atoms with Crippen LogP contribution in [0.25, 0.3) is 6.08 Å². The number of carbonyl (C=O) groups is 1. The molecule has 2 aliphatic rings. The summed E-state index contributed by atoms with van der Waals surface area (Å²) in [5, 5.41) is 12.1. The Labute approximate surface area is 141 Å². The molecular weight excluding hydrogens is 304 g/mol. The number of rotatable bonds is 4. The average Bonchev–Trinajstić information content (AvgIpc) is 3.11. The standard InChI is InChI=1S/C19H20N2O3/c1-13-15(9-14-5-2-3-7-18(14)24-13)10-16(11-20)19(22)21-12-17-6-4-8-23-17/h2-3,5,7,9-10,13,17H,4,6,8,12H2,1H3,(H,21,22). The summed E-state index contributed by atoms with van der Waals surface area (Å²) >= 11 is 0. The zero-order valence-electron chi connectivity index (χ0n) is 13.6. The number of nitriles is 1. The highest BCUT2D eigenvalue weighted by Crippen LogP contribution is 2.30. The van der Waals surface area contributed by atoms with E-state index in [9.17, 15) is 10.1 Å². The van der Waals surface area contributed by atoms with Crippen molar-refractivity contribution in [3.8, 4) is 11.8 Å². The molecular formula is C19H20N2O3. The van der Waals surface area contributed by atoms with Crippen molar-refractivity contribution in [1.29, 1.82) is 5.26 Å². The minimum absolute atomic E-state index is 0.0527. The van der Waals surface area contributed by atoms with Crippen molar-refractivity contribution < 1.29 is 14.3 Å². The molecule has 1 N–H and O–H groups in total. The van der Waals surface area contributed by atoms with Crippen molar-refractivity contribution in [3.63, 3.8) is 0 Å². The van der Waals surface area contributed by atoms with E-state index in [1.54, 1.807) is 6.08 Å². The summed E-state index contributed by atoms with van der Waals surface area (Å²) in [6, 6.07) is 9.67. The van der Waals surface area contributed by atoms with Gasteiger partial charge in [-0.2, -0.15) is 5.26 Å². The first-order valence-corrected chi connectivity index (χ1v) is 8.16. The van der Waals surface area contributed by atoms with E-state index in [1.165, 1.54) is 0 Å². The lowest BCUT2D eigenvalue weighted by Crippen LogP contribution is -2.32. The summed E-state index contributed by atoms with van der Waals surface area (Å²) < 4.78 is 11.3. The number of carbonyl (C=O) groups excluding carboxylic acids is 1. The molecule has 5 heteroatoms. The Morgan fingerprint density at radius 3 is 3.04 bits per heavy atom. The Kier molecular flexibility index (Phi) is 4.97. The molecule has 2 atom stereocenters. The number of hydrogen-bond acceptors (Lipinski definition) is 4. The first-order valence-electron chi connectivity index (χ1n) is 8.16. The van der Waals surface area contributed by atoms with Gasteiger partial charge in [-0.15, -0.1) is 0 Å². The number of hydrogen-bond donors (Lipinski definition) is 1. The largest absolute Gasteiger partial charge is 0.485 e. The molecule has 3 rings (SSSR count). The Morgan fingerprint density at radius 1 is 1.46 bits per heavy atom. The molecule has 0 bridgehead atoms. The molecule has 0 aromatic heterocycles. The fraction of sp³-hybridized carbons (Fsp3) is 0.368. The lowest BCUT2D eigenvalue weighted by molar-refractivity contribution is -0.117. The fourth-order valence-corrected chi connectivity index (χ4v) is 2.84. The molecule has 2 unspecified atom stereocenters. The predicted molar refractivity (Wildman–Crippen MR) is 90.2 cm³/mol. The van der Waals surface area contributed by atoms with Crippen molar-refractivity contribution >= 4 is 12.0 Å². The third kappa shape index (κ3) is 3.66. The van der Waals surface area contributed by atoms with Gasteiger partial charge in [-0.25, -0.2) is 0 Å². The summed E-state index contributed by atoms with van der Waals surface area (Å²) in [5.74, 6) is 0.434. The lowest BCUT2D eigenvalue weighted by atomic mass is 10.0. The van der Waals surface area contributed by atoms with Crippen LogP contribution in [0.4, 0.5) is 0 Å². The molecule has 0 saturated carbocycles. The van der Waals surface area contributed by atoms with E-state index in [4.69, 9.17) is 9.47 Å². The van der Waals surface area contributed by atoms with Gasteiger partial charge in [0.1, 0.15) is 23.5 Å². The first-order chi connectivity index (χ1) is 11.7. The first kappa shape index (κ1) is 16.3. The van der Waals surface area contributed by atoms with Crippen LogP contribution in [0.1, 0.15) is 25.3 Å². The van der Waals surface area contributed by atoms with Crippen LogP contribution >= 0.6 is 0 Å². The van der Waals surface area contributed by atoms with E-state index in [2.05, 4.69) is 5.32 Å². The molecule has 5 nitrogen and oxygen atoms in total. The number of fused-ring (bicyclic) bond motifs is 1. The Morgan fingerprint density at radius 2 is 2.29 bits per heavy atom. The maximum absolute atomic E-state index is 12.2. The Hall–Kier alpha value is -2.58. The van der Waals surface area contributed by atoms with Crippen LogP contribution in [0.15, 0.2) is 41.5 Å². The van der Waals surface area contributed by atoms with E-state index >= 15 is 0 Å². The second-order valence-electron chi connectivity index (χ2n) is 5.96. The van der Waals surface area contributed by atoms with E-state index in [1.807, 2.05) is 43.3 Å². The number of nitrogens with one attached hydrogen (secondary N) is 1. The highest BCUT2D eigenvalue weighted by atomic mass is 16.5. The molecule has 0 radical (unpaired) electrons. The van der Waals surface area contributed by atoms with Crippen LogP contribution in [-0.2, 0) is 9.53 Å². The smallest absolute Gasteiger partial charge is 0.262 e. The van der Waals surface area contributed by atoms with Gasteiger partial charge in [0.25, 0.3) is 5.91 Å². The minimum Gasteiger partial charge on any atom is -0.485 e. The quantitative estimate of drug-likeness (QED) is 0.682. The van der Waals surface area contributed by atoms with Crippen LogP contribution in [0.5, 0.6) is 5.75 Å². The molecule has 1 amide bonds. The third-order valence-electron chi connectivity index (χ3n) is 4.20. The molecule has 1 aromatic carbocycles. The number of benzene rings is 1. The second kappa shape index (κ2) is 7.33. The fourth-order valence-electron chi connectivity index (χ4n) is 2.84. The molecule has 1 saturated heterocycles. The van der Waals surface area contributed by atoms with Gasteiger partial charge in [-0.05, 0) is 43.6 Å². The number of nitrogens with zero attached hydrogens (tertiary/aromatic N) is 1. The summed E-state index contributed by atoms with van der Waals surface area (Å²) in [5.41, 5.74) is 1.82. The van der Waals surface area contributed by atoms with E-state index in [0.717, 1.165) is 36.3 Å². The predicted octanol–water partition coefficient (Wildman–Crippen LogP) is 2.60. The molecule has 0 aliphatic carbocycles. The van der Waals surface area contributed by atoms with Gasteiger partial charge in [0.05, 0.1) is 6.10 Å². The number of ether oxygens (including phenoxy) is 2. The van der Waals surface area contributed by atoms with Crippen LogP contribution in [0.3, 0.4) is 0 Å². The molecule has 1 aromatic rings. The van der Waals surface area contributed by atoms with Gasteiger partial charge >= 0.3 is 0 Å². The van der Waals surface area contributed by atoms with Crippen LogP contribution < -0.4 is 10.1 Å². The van der Waals surface area contributed by atoms with Crippen molar-refractivity contribution in [2.24, 2.45) is 0 Å². The summed E-state index contributed by atoms with van der Waals surface area (Å²) in [6.07, 6.45) is 5.35. The summed E-state index contributed by atoms with van der Waals surface area (Å²) in [4.78, 5) is 12.2. The zero-order valence-corrected chi connectivity index (χ0v) is 13.6. The third-order valence-corrected chi connectivity index (χ3v) is 4.20. The topological polar surface area (TPSA) is 71.3 Å². The van der Waals surface area contributed by atoms with Crippen LogP contribution in [0, 0.1) is 11.3 Å². The van der Waals surface area contributed by atoms with Gasteiger partial charge in [-0.1, -0.05) is 18.2 Å². The highest BCUT2D eigenvalue weighted by Gasteiger charge is 2.20. The van der Waals surface area contributed by atoms with Gasteiger partial charge in [0.15, 0.2) is 0 Å². The van der Waals surface area contributed by atoms with Crippen molar-refractivity contribution in [2.45, 2.75) is 32.0 Å². The normalized spacial score (nSPS) is 22.8. The molecule has 2 aliphatic heterocycles. The Balaban J connectivity index is 1.73. The van der Waals surface area contributed by atoms with Crippen molar-refractivity contribution in [1.82, 2.24) is 5.32 Å². The van der Waals surface area contributed by atoms with Gasteiger partial charge in [0, 0.05) is 18.7 Å². The number of amides is 1. The second-order valence-corrected chi connectivity index (χ2v) is 5.96. The SMILES string of the molecule is CC1Oc2ccccc2C=C1C=C(C#N)C(=O)NCC1CCCO1. The molecule has 124 valence electrons. The van der Waals surface area contributed by atoms with Crippen molar-refractivity contribution in [2.75, 3.05) is 13.2 Å². The maximum atomic E-state index is 12.2. The average molecular weight is 324 g/mol. The van der Waals surface area contributed by atoms with Gasteiger partial charge < -0.3 is 14.8 Å². The number of para-hydroxylation sites is 1. The van der Waals surface area contributed by atoms with Gasteiger partial charge in [0.2, 0.25) is 0 Å². The zero-order chi connectivity index (χ0) is 16.9.